The Morgan fingerprint density at radius 3 is 2.56 bits per heavy atom. The summed E-state index contributed by atoms with van der Waals surface area (Å²) in [5.41, 5.74) is 5.13. The monoisotopic (exact) mass is 151 g/mol. The van der Waals surface area contributed by atoms with Crippen LogP contribution in [0.2, 0.25) is 0 Å². The zero-order valence-electron chi connectivity index (χ0n) is 5.42. The molecule has 0 aliphatic carbocycles. The molecule has 0 spiro atoms. The van der Waals surface area contributed by atoms with E-state index >= 15 is 0 Å². The fraction of sp³-hybridized carbons (Fsp3) is 0.667. The maximum absolute atomic E-state index is 8.82. The summed E-state index contributed by atoms with van der Waals surface area (Å²) >= 11 is 0. The molecular weight excluding hydrogens is 138 g/mol. The third-order valence-electron chi connectivity index (χ3n) is 0.976. The first kappa shape index (κ1) is 11.7. The third-order valence-corrected chi connectivity index (χ3v) is 0.976. The van der Waals surface area contributed by atoms with Gasteiger partial charge in [0.15, 0.2) is 0 Å². The largest absolute Gasteiger partial charge is 0.392 e. The van der Waals surface area contributed by atoms with Crippen LogP contribution >= 0.6 is 12.4 Å². The molecule has 0 amide bonds. The lowest BCUT2D eigenvalue weighted by molar-refractivity contribution is 0.174. The zero-order chi connectivity index (χ0) is 6.41. The van der Waals surface area contributed by atoms with E-state index in [1.807, 2.05) is 0 Å². The second-order valence-corrected chi connectivity index (χ2v) is 1.76. The summed E-state index contributed by atoms with van der Waals surface area (Å²) in [6.45, 7) is 3.87. The molecule has 0 aromatic heterocycles. The molecule has 1 atom stereocenters. The highest BCUT2D eigenvalue weighted by Crippen LogP contribution is 1.93. The average molecular weight is 152 g/mol. The Hall–Kier alpha value is -0.0500. The molecule has 3 heteroatoms. The predicted molar refractivity (Wildman–Crippen MR) is 41.7 cm³/mol. The van der Waals surface area contributed by atoms with Crippen molar-refractivity contribution in [2.75, 3.05) is 6.54 Å². The van der Waals surface area contributed by atoms with Crippen LogP contribution in [0.1, 0.15) is 12.8 Å². The highest BCUT2D eigenvalue weighted by atomic mass is 35.5. The highest BCUT2D eigenvalue weighted by molar-refractivity contribution is 5.85. The van der Waals surface area contributed by atoms with Gasteiger partial charge in [0.1, 0.15) is 0 Å². The van der Waals surface area contributed by atoms with Gasteiger partial charge in [-0.05, 0) is 12.8 Å². The van der Waals surface area contributed by atoms with Crippen LogP contribution in [-0.2, 0) is 0 Å². The van der Waals surface area contributed by atoms with Crippen molar-refractivity contribution in [2.24, 2.45) is 5.73 Å². The second-order valence-electron chi connectivity index (χ2n) is 1.76. The molecule has 1 unspecified atom stereocenters. The van der Waals surface area contributed by atoms with E-state index in [1.165, 1.54) is 0 Å². The van der Waals surface area contributed by atoms with Crippen molar-refractivity contribution >= 4 is 12.4 Å². The minimum absolute atomic E-state index is 0. The number of aliphatic hydroxyl groups excluding tert-OH is 1. The SMILES string of the molecule is C=CCCC(O)CN.Cl. The predicted octanol–water partition coefficient (Wildman–Crippen LogP) is 0.694. The molecule has 0 aromatic carbocycles. The van der Waals surface area contributed by atoms with Crippen LogP contribution in [-0.4, -0.2) is 17.8 Å². The first-order valence-electron chi connectivity index (χ1n) is 2.80. The standard InChI is InChI=1S/C6H13NO.ClH/c1-2-3-4-6(8)5-7;/h2,6,8H,1,3-5,7H2;1H. The van der Waals surface area contributed by atoms with Crippen molar-refractivity contribution in [3.63, 3.8) is 0 Å². The van der Waals surface area contributed by atoms with Gasteiger partial charge in [-0.1, -0.05) is 6.08 Å². The Balaban J connectivity index is 0. The molecule has 0 aliphatic heterocycles. The van der Waals surface area contributed by atoms with Crippen LogP contribution in [0.4, 0.5) is 0 Å². The van der Waals surface area contributed by atoms with Gasteiger partial charge in [0.05, 0.1) is 6.10 Å². The molecule has 9 heavy (non-hydrogen) atoms. The van der Waals surface area contributed by atoms with Gasteiger partial charge in [-0.3, -0.25) is 0 Å². The van der Waals surface area contributed by atoms with Crippen LogP contribution in [0.3, 0.4) is 0 Å². The molecule has 0 aromatic rings. The fourth-order valence-corrected chi connectivity index (χ4v) is 0.428. The Morgan fingerprint density at radius 1 is 1.67 bits per heavy atom. The van der Waals surface area contributed by atoms with Crippen LogP contribution in [0, 0.1) is 0 Å². The summed E-state index contributed by atoms with van der Waals surface area (Å²) in [6, 6.07) is 0. The van der Waals surface area contributed by atoms with Gasteiger partial charge >= 0.3 is 0 Å². The molecule has 0 heterocycles. The van der Waals surface area contributed by atoms with Gasteiger partial charge < -0.3 is 10.8 Å². The third kappa shape index (κ3) is 7.95. The van der Waals surface area contributed by atoms with Crippen molar-refractivity contribution in [2.45, 2.75) is 18.9 Å². The number of halogens is 1. The van der Waals surface area contributed by atoms with E-state index in [4.69, 9.17) is 10.8 Å². The topological polar surface area (TPSA) is 46.2 Å². The van der Waals surface area contributed by atoms with Crippen molar-refractivity contribution in [1.29, 1.82) is 0 Å². The van der Waals surface area contributed by atoms with Crippen molar-refractivity contribution in [1.82, 2.24) is 0 Å². The Kier molecular flexibility index (Phi) is 10.3. The first-order chi connectivity index (χ1) is 3.81. The van der Waals surface area contributed by atoms with Crippen molar-refractivity contribution in [3.8, 4) is 0 Å². The van der Waals surface area contributed by atoms with Crippen LogP contribution < -0.4 is 5.73 Å². The maximum atomic E-state index is 8.82. The second kappa shape index (κ2) is 7.95. The lowest BCUT2D eigenvalue weighted by Crippen LogP contribution is -2.18. The van der Waals surface area contributed by atoms with E-state index in [0.29, 0.717) is 6.54 Å². The summed E-state index contributed by atoms with van der Waals surface area (Å²) in [6.07, 6.45) is 3.02. The van der Waals surface area contributed by atoms with Gasteiger partial charge in [0.2, 0.25) is 0 Å². The van der Waals surface area contributed by atoms with E-state index in [-0.39, 0.29) is 18.5 Å². The summed E-state index contributed by atoms with van der Waals surface area (Å²) in [5, 5.41) is 8.82. The molecule has 0 fully saturated rings. The number of allylic oxidation sites excluding steroid dienone is 1. The Morgan fingerprint density at radius 2 is 2.22 bits per heavy atom. The molecule has 0 radical (unpaired) electrons. The maximum Gasteiger partial charge on any atom is 0.0665 e. The van der Waals surface area contributed by atoms with Gasteiger partial charge in [0.25, 0.3) is 0 Å². The first-order valence-corrected chi connectivity index (χ1v) is 2.80. The number of hydrogen-bond donors (Lipinski definition) is 2. The summed E-state index contributed by atoms with van der Waals surface area (Å²) in [7, 11) is 0. The van der Waals surface area contributed by atoms with Gasteiger partial charge in [-0.2, -0.15) is 0 Å². The molecule has 0 rings (SSSR count). The molecule has 56 valence electrons. The molecule has 2 nitrogen and oxygen atoms in total. The fourth-order valence-electron chi connectivity index (χ4n) is 0.428. The summed E-state index contributed by atoms with van der Waals surface area (Å²) in [4.78, 5) is 0. The molecule has 0 bridgehead atoms. The van der Waals surface area contributed by atoms with E-state index in [0.717, 1.165) is 12.8 Å². The van der Waals surface area contributed by atoms with Crippen LogP contribution in [0.15, 0.2) is 12.7 Å². The Bertz CT molecular complexity index is 68.1. The van der Waals surface area contributed by atoms with Gasteiger partial charge in [-0.15, -0.1) is 19.0 Å². The van der Waals surface area contributed by atoms with E-state index in [1.54, 1.807) is 6.08 Å². The number of aliphatic hydroxyl groups is 1. The van der Waals surface area contributed by atoms with E-state index < -0.39 is 0 Å². The zero-order valence-corrected chi connectivity index (χ0v) is 6.23. The van der Waals surface area contributed by atoms with E-state index in [2.05, 4.69) is 6.58 Å². The van der Waals surface area contributed by atoms with Crippen LogP contribution in [0.25, 0.3) is 0 Å². The van der Waals surface area contributed by atoms with Crippen LogP contribution in [0.5, 0.6) is 0 Å². The van der Waals surface area contributed by atoms with E-state index in [9.17, 15) is 0 Å². The minimum atomic E-state index is -0.340. The number of hydrogen-bond acceptors (Lipinski definition) is 2. The lowest BCUT2D eigenvalue weighted by atomic mass is 10.2. The molecule has 0 saturated carbocycles. The average Bonchev–Trinajstić information content (AvgIpc) is 1.83. The van der Waals surface area contributed by atoms with Crippen molar-refractivity contribution < 1.29 is 5.11 Å². The minimum Gasteiger partial charge on any atom is -0.392 e. The molecule has 0 saturated heterocycles. The molecule has 0 aliphatic rings. The van der Waals surface area contributed by atoms with Crippen molar-refractivity contribution in [3.05, 3.63) is 12.7 Å². The summed E-state index contributed by atoms with van der Waals surface area (Å²) < 4.78 is 0. The number of rotatable bonds is 4. The summed E-state index contributed by atoms with van der Waals surface area (Å²) in [5.74, 6) is 0. The Labute approximate surface area is 62.2 Å². The van der Waals surface area contributed by atoms with Gasteiger partial charge in [-0.25, -0.2) is 0 Å². The highest BCUT2D eigenvalue weighted by Gasteiger charge is 1.95. The lowest BCUT2D eigenvalue weighted by Gasteiger charge is -2.02. The molecule has 3 N–H and O–H groups in total. The smallest absolute Gasteiger partial charge is 0.0665 e. The quantitative estimate of drug-likeness (QED) is 0.581. The normalized spacial score (nSPS) is 11.8. The van der Waals surface area contributed by atoms with Gasteiger partial charge in [0, 0.05) is 6.54 Å². The molecular formula is C6H14ClNO. The number of nitrogens with two attached hydrogens (primary N) is 1.